The molecule has 2 aromatic rings. The standard InChI is InChI=1S/C16H20N2O3/c1-2-9-21-10-5-8-17-14-11-15(16(19)20)18-13-7-4-3-6-12(13)14/h3-4,6-7,11H,2,5,8-10H2,1H3,(H,17,18)(H,19,20). The summed E-state index contributed by atoms with van der Waals surface area (Å²) >= 11 is 0. The lowest BCUT2D eigenvalue weighted by molar-refractivity contribution is 0.0691. The summed E-state index contributed by atoms with van der Waals surface area (Å²) in [4.78, 5) is 15.3. The fourth-order valence-corrected chi connectivity index (χ4v) is 2.07. The van der Waals surface area contributed by atoms with Gasteiger partial charge in [0.15, 0.2) is 5.69 Å². The average Bonchev–Trinajstić information content (AvgIpc) is 2.50. The van der Waals surface area contributed by atoms with Crippen LogP contribution in [0, 0.1) is 0 Å². The first-order valence-electron chi connectivity index (χ1n) is 7.17. The van der Waals surface area contributed by atoms with Gasteiger partial charge in [-0.3, -0.25) is 0 Å². The van der Waals surface area contributed by atoms with Crippen LogP contribution in [0.3, 0.4) is 0 Å². The Balaban J connectivity index is 2.08. The number of carboxylic acid groups (broad SMARTS) is 1. The summed E-state index contributed by atoms with van der Waals surface area (Å²) in [6, 6.07) is 9.10. The van der Waals surface area contributed by atoms with Crippen LogP contribution in [0.5, 0.6) is 0 Å². The smallest absolute Gasteiger partial charge is 0.354 e. The monoisotopic (exact) mass is 288 g/mol. The number of hydrogen-bond donors (Lipinski definition) is 2. The lowest BCUT2D eigenvalue weighted by Gasteiger charge is -2.10. The SMILES string of the molecule is CCCOCCCNc1cc(C(=O)O)nc2ccccc12. The molecule has 0 unspecified atom stereocenters. The van der Waals surface area contributed by atoms with Gasteiger partial charge in [-0.25, -0.2) is 9.78 Å². The molecule has 0 amide bonds. The highest BCUT2D eigenvalue weighted by atomic mass is 16.5. The first kappa shape index (κ1) is 15.3. The van der Waals surface area contributed by atoms with Crippen LogP contribution in [0.15, 0.2) is 30.3 Å². The summed E-state index contributed by atoms with van der Waals surface area (Å²) in [5.41, 5.74) is 1.54. The predicted octanol–water partition coefficient (Wildman–Crippen LogP) is 3.16. The largest absolute Gasteiger partial charge is 0.477 e. The minimum absolute atomic E-state index is 0.0541. The molecule has 0 aliphatic rings. The van der Waals surface area contributed by atoms with Gasteiger partial charge < -0.3 is 15.2 Å². The fraction of sp³-hybridized carbons (Fsp3) is 0.375. The highest BCUT2D eigenvalue weighted by Gasteiger charge is 2.10. The van der Waals surface area contributed by atoms with Gasteiger partial charge in [-0.15, -0.1) is 0 Å². The summed E-state index contributed by atoms with van der Waals surface area (Å²) in [5, 5.41) is 13.3. The molecule has 2 rings (SSSR count). The first-order valence-corrected chi connectivity index (χ1v) is 7.17. The van der Waals surface area contributed by atoms with E-state index < -0.39 is 5.97 Å². The van der Waals surface area contributed by atoms with E-state index in [0.29, 0.717) is 12.1 Å². The molecule has 112 valence electrons. The molecular formula is C16H20N2O3. The molecule has 0 saturated carbocycles. The molecule has 0 spiro atoms. The van der Waals surface area contributed by atoms with Crippen molar-refractivity contribution in [1.82, 2.24) is 4.98 Å². The third-order valence-corrected chi connectivity index (χ3v) is 3.06. The number of nitrogens with zero attached hydrogens (tertiary/aromatic N) is 1. The number of carboxylic acids is 1. The number of fused-ring (bicyclic) bond motifs is 1. The molecule has 0 saturated heterocycles. The molecule has 1 aromatic carbocycles. The number of hydrogen-bond acceptors (Lipinski definition) is 4. The fourth-order valence-electron chi connectivity index (χ4n) is 2.07. The van der Waals surface area contributed by atoms with Crippen molar-refractivity contribution in [3.05, 3.63) is 36.0 Å². The molecule has 0 bridgehead atoms. The van der Waals surface area contributed by atoms with Crippen LogP contribution in [0.4, 0.5) is 5.69 Å². The first-order chi connectivity index (χ1) is 10.2. The lowest BCUT2D eigenvalue weighted by atomic mass is 10.1. The van der Waals surface area contributed by atoms with Crippen LogP contribution in [0.1, 0.15) is 30.3 Å². The second-order valence-corrected chi connectivity index (χ2v) is 4.77. The van der Waals surface area contributed by atoms with Gasteiger partial charge in [0.25, 0.3) is 0 Å². The average molecular weight is 288 g/mol. The number of benzene rings is 1. The zero-order chi connectivity index (χ0) is 15.1. The van der Waals surface area contributed by atoms with Crippen molar-refractivity contribution in [1.29, 1.82) is 0 Å². The molecule has 5 heteroatoms. The Kier molecular flexibility index (Phi) is 5.51. The Hall–Kier alpha value is -2.14. The number of anilines is 1. The lowest BCUT2D eigenvalue weighted by Crippen LogP contribution is -2.08. The van der Waals surface area contributed by atoms with E-state index in [0.717, 1.165) is 37.1 Å². The summed E-state index contributed by atoms with van der Waals surface area (Å²) in [6.45, 7) is 4.29. The number of pyridine rings is 1. The highest BCUT2D eigenvalue weighted by Crippen LogP contribution is 2.23. The molecule has 1 aromatic heterocycles. The van der Waals surface area contributed by atoms with Gasteiger partial charge in [0.2, 0.25) is 0 Å². The molecule has 2 N–H and O–H groups in total. The van der Waals surface area contributed by atoms with Crippen LogP contribution in [0.2, 0.25) is 0 Å². The Morgan fingerprint density at radius 2 is 2.14 bits per heavy atom. The van der Waals surface area contributed by atoms with Crippen molar-refractivity contribution in [3.63, 3.8) is 0 Å². The maximum absolute atomic E-state index is 11.1. The summed E-state index contributed by atoms with van der Waals surface area (Å²) in [6.07, 6.45) is 1.89. The van der Waals surface area contributed by atoms with Gasteiger partial charge in [-0.1, -0.05) is 25.1 Å². The highest BCUT2D eigenvalue weighted by molar-refractivity contribution is 5.97. The number of nitrogens with one attached hydrogen (secondary N) is 1. The Labute approximate surface area is 124 Å². The van der Waals surface area contributed by atoms with Gasteiger partial charge in [0.05, 0.1) is 5.52 Å². The van der Waals surface area contributed by atoms with E-state index in [4.69, 9.17) is 9.84 Å². The number of carbonyl (C=O) groups is 1. The van der Waals surface area contributed by atoms with Gasteiger partial charge in [0, 0.05) is 30.8 Å². The minimum Gasteiger partial charge on any atom is -0.477 e. The number of aromatic nitrogens is 1. The topological polar surface area (TPSA) is 71.5 Å². The molecule has 0 radical (unpaired) electrons. The second kappa shape index (κ2) is 7.59. The van der Waals surface area contributed by atoms with Gasteiger partial charge in [-0.05, 0) is 25.0 Å². The molecule has 1 heterocycles. The van der Waals surface area contributed by atoms with Crippen LogP contribution < -0.4 is 5.32 Å². The Morgan fingerprint density at radius 3 is 2.90 bits per heavy atom. The van der Waals surface area contributed by atoms with E-state index in [-0.39, 0.29) is 5.69 Å². The van der Waals surface area contributed by atoms with Gasteiger partial charge in [0.1, 0.15) is 0 Å². The third kappa shape index (κ3) is 4.16. The van der Waals surface area contributed by atoms with Crippen molar-refractivity contribution in [2.75, 3.05) is 25.1 Å². The van der Waals surface area contributed by atoms with E-state index in [9.17, 15) is 4.79 Å². The number of ether oxygens (including phenoxy) is 1. The summed E-state index contributed by atoms with van der Waals surface area (Å²) in [7, 11) is 0. The maximum atomic E-state index is 11.1. The van der Waals surface area contributed by atoms with Crippen molar-refractivity contribution < 1.29 is 14.6 Å². The molecule has 0 atom stereocenters. The molecular weight excluding hydrogens is 268 g/mol. The molecule has 0 fully saturated rings. The van der Waals surface area contributed by atoms with E-state index in [1.165, 1.54) is 0 Å². The van der Waals surface area contributed by atoms with Crippen LogP contribution >= 0.6 is 0 Å². The number of para-hydroxylation sites is 1. The van der Waals surface area contributed by atoms with Crippen molar-refractivity contribution in [2.24, 2.45) is 0 Å². The van der Waals surface area contributed by atoms with Crippen molar-refractivity contribution >= 4 is 22.6 Å². The van der Waals surface area contributed by atoms with E-state index in [2.05, 4.69) is 17.2 Å². The van der Waals surface area contributed by atoms with Gasteiger partial charge in [-0.2, -0.15) is 0 Å². The predicted molar refractivity (Wildman–Crippen MR) is 82.9 cm³/mol. The van der Waals surface area contributed by atoms with E-state index >= 15 is 0 Å². The quantitative estimate of drug-likeness (QED) is 0.730. The van der Waals surface area contributed by atoms with Crippen LogP contribution in [0.25, 0.3) is 10.9 Å². The van der Waals surface area contributed by atoms with Gasteiger partial charge >= 0.3 is 5.97 Å². The summed E-state index contributed by atoms with van der Waals surface area (Å²) < 4.78 is 5.42. The minimum atomic E-state index is -1.02. The Morgan fingerprint density at radius 1 is 1.33 bits per heavy atom. The van der Waals surface area contributed by atoms with Crippen molar-refractivity contribution in [3.8, 4) is 0 Å². The molecule has 21 heavy (non-hydrogen) atoms. The van der Waals surface area contributed by atoms with Crippen molar-refractivity contribution in [2.45, 2.75) is 19.8 Å². The number of rotatable bonds is 8. The summed E-state index contributed by atoms with van der Waals surface area (Å²) in [5.74, 6) is -1.02. The molecule has 0 aliphatic heterocycles. The maximum Gasteiger partial charge on any atom is 0.354 e. The van der Waals surface area contributed by atoms with Crippen LogP contribution in [-0.2, 0) is 4.74 Å². The molecule has 5 nitrogen and oxygen atoms in total. The van der Waals surface area contributed by atoms with E-state index in [1.54, 1.807) is 6.07 Å². The Bertz CT molecular complexity index is 613. The van der Waals surface area contributed by atoms with Crippen LogP contribution in [-0.4, -0.2) is 35.8 Å². The third-order valence-electron chi connectivity index (χ3n) is 3.06. The molecule has 0 aliphatic carbocycles. The zero-order valence-corrected chi connectivity index (χ0v) is 12.1. The number of aromatic carboxylic acids is 1. The zero-order valence-electron chi connectivity index (χ0n) is 12.1. The normalized spacial score (nSPS) is 10.7. The van der Waals surface area contributed by atoms with E-state index in [1.807, 2.05) is 24.3 Å². The second-order valence-electron chi connectivity index (χ2n) is 4.77.